The van der Waals surface area contributed by atoms with Crippen LogP contribution in [-0.4, -0.2) is 70.9 Å². The van der Waals surface area contributed by atoms with Gasteiger partial charge in [0, 0.05) is 18.3 Å². The van der Waals surface area contributed by atoms with E-state index in [9.17, 15) is 19.8 Å². The number of ether oxygens (including phenoxy) is 1. The molecule has 0 amide bonds. The summed E-state index contributed by atoms with van der Waals surface area (Å²) in [6.07, 6.45) is 2.90. The fourth-order valence-electron chi connectivity index (χ4n) is 2.71. The third kappa shape index (κ3) is 4.26. The van der Waals surface area contributed by atoms with Gasteiger partial charge in [0.1, 0.15) is 12.2 Å². The number of nitrogens with zero attached hydrogens (tertiary/aromatic N) is 1. The maximum absolute atomic E-state index is 12.1. The Morgan fingerprint density at radius 3 is 2.62 bits per heavy atom. The molecule has 1 aromatic rings. The lowest BCUT2D eigenvalue weighted by Gasteiger charge is -2.19. The summed E-state index contributed by atoms with van der Waals surface area (Å²) in [4.78, 5) is 26.0. The quantitative estimate of drug-likeness (QED) is 0.483. The minimum atomic E-state index is -1.29. The molecule has 1 unspecified atom stereocenters. The molecule has 136 valence electrons. The highest BCUT2D eigenvalue weighted by Crippen LogP contribution is 2.39. The number of H-pyrrole nitrogens is 1. The molecule has 0 bridgehead atoms. The zero-order chi connectivity index (χ0) is 18.1. The van der Waals surface area contributed by atoms with Gasteiger partial charge in [-0.25, -0.2) is 4.79 Å². The Morgan fingerprint density at radius 1 is 1.38 bits per heavy atom. The minimum Gasteiger partial charge on any atom is -0.388 e. The molecule has 2 heterocycles. The van der Waals surface area contributed by atoms with Crippen molar-refractivity contribution in [2.45, 2.75) is 37.5 Å². The van der Waals surface area contributed by atoms with Gasteiger partial charge in [0.25, 0.3) is 5.56 Å². The molecule has 1 fully saturated rings. The van der Waals surface area contributed by atoms with Crippen molar-refractivity contribution in [1.82, 2.24) is 14.9 Å². The summed E-state index contributed by atoms with van der Waals surface area (Å²) >= 11 is 0. The van der Waals surface area contributed by atoms with Crippen molar-refractivity contribution >= 4 is 13.2 Å². The smallest absolute Gasteiger partial charge is 0.330 e. The second-order valence-electron chi connectivity index (χ2n) is 6.85. The molecule has 1 aliphatic rings. The predicted molar refractivity (Wildman–Crippen MR) is 95.4 cm³/mol. The summed E-state index contributed by atoms with van der Waals surface area (Å²) < 4.78 is 6.86. The molecule has 4 atom stereocenters. The van der Waals surface area contributed by atoms with Crippen molar-refractivity contribution in [1.29, 1.82) is 0 Å². The van der Waals surface area contributed by atoms with Crippen LogP contribution in [0.15, 0.2) is 15.8 Å². The molecule has 0 aromatic carbocycles. The van der Waals surface area contributed by atoms with E-state index in [1.54, 1.807) is 7.05 Å². The zero-order valence-electron chi connectivity index (χ0n) is 14.2. The number of aliphatic hydroxyl groups excluding tert-OH is 2. The predicted octanol–water partition coefficient (Wildman–Crippen LogP) is -1.03. The molecule has 1 aromatic heterocycles. The Labute approximate surface area is 140 Å². The first-order valence-electron chi connectivity index (χ1n) is 7.82. The lowest BCUT2D eigenvalue weighted by Crippen LogP contribution is -2.39. The molecule has 0 saturated carbocycles. The summed E-state index contributed by atoms with van der Waals surface area (Å²) in [7, 11) is 1.68. The highest BCUT2D eigenvalue weighted by Gasteiger charge is 2.43. The first-order valence-corrected chi connectivity index (χ1v) is 10.9. The average molecular weight is 359 g/mol. The van der Waals surface area contributed by atoms with Crippen LogP contribution in [0.2, 0.25) is 0 Å². The number of rotatable bonds is 6. The van der Waals surface area contributed by atoms with Crippen molar-refractivity contribution in [2.75, 3.05) is 26.5 Å². The summed E-state index contributed by atoms with van der Waals surface area (Å²) in [5, 5.41) is 23.3. The van der Waals surface area contributed by atoms with Gasteiger partial charge in [0.2, 0.25) is 0 Å². The SMILES string of the molecule is C=P(C)(C)CC[C@H]1OC(n2cc(CNC)c(=O)[nH]c2=O)[C@H](O)[C@@H]1O. The highest BCUT2D eigenvalue weighted by atomic mass is 31.2. The molecule has 4 N–H and O–H groups in total. The van der Waals surface area contributed by atoms with E-state index >= 15 is 0 Å². The molecule has 1 saturated heterocycles. The molecular formula is C15H26N3O5P. The van der Waals surface area contributed by atoms with Gasteiger partial charge in [-0.15, -0.1) is 13.2 Å². The van der Waals surface area contributed by atoms with Crippen LogP contribution in [0.25, 0.3) is 0 Å². The van der Waals surface area contributed by atoms with Gasteiger partial charge in [-0.1, -0.05) is 0 Å². The average Bonchev–Trinajstić information content (AvgIpc) is 2.75. The summed E-state index contributed by atoms with van der Waals surface area (Å²) in [5.74, 6) is 0. The van der Waals surface area contributed by atoms with Crippen molar-refractivity contribution in [3.05, 3.63) is 32.6 Å². The van der Waals surface area contributed by atoms with Crippen molar-refractivity contribution in [2.24, 2.45) is 0 Å². The van der Waals surface area contributed by atoms with Crippen LogP contribution in [0.5, 0.6) is 0 Å². The molecule has 0 aliphatic carbocycles. The monoisotopic (exact) mass is 359 g/mol. The number of aromatic amines is 1. The van der Waals surface area contributed by atoms with Crippen molar-refractivity contribution in [3.63, 3.8) is 0 Å². The summed E-state index contributed by atoms with van der Waals surface area (Å²) in [6.45, 7) is 3.15. The number of hydrogen-bond acceptors (Lipinski definition) is 6. The lowest BCUT2D eigenvalue weighted by molar-refractivity contribution is -0.0404. The highest BCUT2D eigenvalue weighted by molar-refractivity contribution is 7.72. The van der Waals surface area contributed by atoms with Gasteiger partial charge in [0.05, 0.1) is 6.10 Å². The maximum Gasteiger partial charge on any atom is 0.330 e. The van der Waals surface area contributed by atoms with Gasteiger partial charge < -0.3 is 20.3 Å². The third-order valence-electron chi connectivity index (χ3n) is 4.04. The van der Waals surface area contributed by atoms with Crippen LogP contribution in [0, 0.1) is 0 Å². The second kappa shape index (κ2) is 7.37. The molecular weight excluding hydrogens is 333 g/mol. The Hall–Kier alpha value is -1.18. The summed E-state index contributed by atoms with van der Waals surface area (Å²) in [6, 6.07) is 0. The molecule has 0 spiro atoms. The van der Waals surface area contributed by atoms with E-state index in [4.69, 9.17) is 4.74 Å². The van der Waals surface area contributed by atoms with Crippen LogP contribution < -0.4 is 16.6 Å². The summed E-state index contributed by atoms with van der Waals surface area (Å²) in [5.41, 5.74) is -0.823. The fraction of sp³-hybridized carbons (Fsp3) is 0.667. The van der Waals surface area contributed by atoms with E-state index < -0.39 is 42.7 Å². The normalized spacial score (nSPS) is 27.5. The Morgan fingerprint density at radius 2 is 2.04 bits per heavy atom. The fourth-order valence-corrected chi connectivity index (χ4v) is 3.66. The van der Waals surface area contributed by atoms with Gasteiger partial charge in [-0.3, -0.25) is 14.3 Å². The molecule has 2 rings (SSSR count). The molecule has 0 radical (unpaired) electrons. The van der Waals surface area contributed by atoms with E-state index in [0.717, 1.165) is 10.7 Å². The van der Waals surface area contributed by atoms with Crippen LogP contribution >= 0.6 is 6.89 Å². The Bertz CT molecular complexity index is 737. The van der Waals surface area contributed by atoms with E-state index in [2.05, 4.69) is 29.9 Å². The van der Waals surface area contributed by atoms with Crippen molar-refractivity contribution < 1.29 is 14.9 Å². The van der Waals surface area contributed by atoms with Crippen LogP contribution in [0.1, 0.15) is 18.2 Å². The van der Waals surface area contributed by atoms with Gasteiger partial charge >= 0.3 is 5.69 Å². The van der Waals surface area contributed by atoms with Crippen LogP contribution in [-0.2, 0) is 11.3 Å². The van der Waals surface area contributed by atoms with E-state index in [0.29, 0.717) is 12.0 Å². The molecule has 24 heavy (non-hydrogen) atoms. The Balaban J connectivity index is 2.26. The van der Waals surface area contributed by atoms with Crippen LogP contribution in [0.4, 0.5) is 0 Å². The first-order chi connectivity index (χ1) is 11.1. The number of aliphatic hydroxyl groups is 2. The van der Waals surface area contributed by atoms with E-state index in [1.807, 2.05) is 0 Å². The van der Waals surface area contributed by atoms with Gasteiger partial charge in [-0.2, -0.15) is 0 Å². The number of nitrogens with one attached hydrogen (secondary N) is 2. The number of hydrogen-bond donors (Lipinski definition) is 4. The maximum atomic E-state index is 12.1. The minimum absolute atomic E-state index is 0.268. The Kier molecular flexibility index (Phi) is 5.88. The topological polar surface area (TPSA) is 117 Å². The molecule has 8 nitrogen and oxygen atoms in total. The second-order valence-corrected chi connectivity index (χ2v) is 11.2. The first kappa shape index (κ1) is 19.1. The van der Waals surface area contributed by atoms with E-state index in [-0.39, 0.29) is 6.54 Å². The van der Waals surface area contributed by atoms with E-state index in [1.165, 1.54) is 6.20 Å². The lowest BCUT2D eigenvalue weighted by atomic mass is 10.1. The number of aromatic nitrogens is 2. The van der Waals surface area contributed by atoms with Crippen molar-refractivity contribution in [3.8, 4) is 0 Å². The van der Waals surface area contributed by atoms with Crippen LogP contribution in [0.3, 0.4) is 0 Å². The van der Waals surface area contributed by atoms with Gasteiger partial charge in [-0.05, 0) is 33.0 Å². The van der Waals surface area contributed by atoms with Gasteiger partial charge in [0.15, 0.2) is 6.23 Å². The standard InChI is InChI=1S/C15H26N3O5P/c1-16-7-9-8-18(15(22)17-13(9)21)14-12(20)11(19)10(23-14)5-6-24(2,3)4/h8,10-12,14,16,19-20H,2,5-7H2,1,3-4H3,(H,17,21,22)/t10-,11-,12-,14?/m1/s1. The third-order valence-corrected chi connectivity index (χ3v) is 5.51. The molecule has 9 heteroatoms. The largest absolute Gasteiger partial charge is 0.388 e. The zero-order valence-corrected chi connectivity index (χ0v) is 15.1. The molecule has 1 aliphatic heterocycles.